The highest BCUT2D eigenvalue weighted by molar-refractivity contribution is 6.71. The van der Waals surface area contributed by atoms with Crippen molar-refractivity contribution in [3.8, 4) is 5.75 Å². The number of fused-ring (bicyclic) bond motifs is 2. The number of aliphatic hydroxyl groups excluding tert-OH is 1. The predicted molar refractivity (Wildman–Crippen MR) is 189 cm³/mol. The summed E-state index contributed by atoms with van der Waals surface area (Å²) in [5.41, 5.74) is 1.97. The molecule has 3 aliphatic heterocycles. The van der Waals surface area contributed by atoms with E-state index < -0.39 is 31.5 Å². The van der Waals surface area contributed by atoms with Gasteiger partial charge in [0.25, 0.3) is 5.91 Å². The van der Waals surface area contributed by atoms with Gasteiger partial charge in [0.05, 0.1) is 45.0 Å². The van der Waals surface area contributed by atoms with Gasteiger partial charge in [-0.1, -0.05) is 49.4 Å². The van der Waals surface area contributed by atoms with E-state index in [1.165, 1.54) is 0 Å². The van der Waals surface area contributed by atoms with Crippen LogP contribution in [0.3, 0.4) is 0 Å². The lowest BCUT2D eigenvalue weighted by Crippen LogP contribution is -2.48. The lowest BCUT2D eigenvalue weighted by molar-refractivity contribution is -0.150. The molecule has 0 aromatic heterocycles. The van der Waals surface area contributed by atoms with Crippen molar-refractivity contribution in [2.24, 2.45) is 5.92 Å². The number of rotatable bonds is 11. The van der Waals surface area contributed by atoms with Gasteiger partial charge in [-0.2, -0.15) is 0 Å². The number of carbonyl (C=O) groups excluding carboxylic acids is 3. The van der Waals surface area contributed by atoms with Crippen LogP contribution in [0.15, 0.2) is 72.8 Å². The Bertz CT molecular complexity index is 1700. The van der Waals surface area contributed by atoms with Gasteiger partial charge in [-0.3, -0.25) is 14.4 Å². The Hall–Kier alpha value is -4.07. The van der Waals surface area contributed by atoms with Crippen molar-refractivity contribution >= 4 is 37.4 Å². The fourth-order valence-corrected chi connectivity index (χ4v) is 10.5. The maximum absolute atomic E-state index is 14.9. The third kappa shape index (κ3) is 6.63. The lowest BCUT2D eigenvalue weighted by Gasteiger charge is -2.32. The van der Waals surface area contributed by atoms with Gasteiger partial charge < -0.3 is 39.4 Å². The molecular formula is C37H46N4O7Si. The first-order valence-electron chi connectivity index (χ1n) is 16.9. The summed E-state index contributed by atoms with van der Waals surface area (Å²) in [5.74, 6) is -0.389. The van der Waals surface area contributed by atoms with Crippen LogP contribution in [-0.2, 0) is 37.8 Å². The minimum Gasteiger partial charge on any atom is -0.497 e. The van der Waals surface area contributed by atoms with Crippen molar-refractivity contribution in [1.82, 2.24) is 10.2 Å². The van der Waals surface area contributed by atoms with E-state index in [0.29, 0.717) is 36.6 Å². The molecule has 3 aliphatic rings. The highest BCUT2D eigenvalue weighted by Gasteiger charge is 2.66. The maximum Gasteiger partial charge on any atom is 0.264 e. The van der Waals surface area contributed by atoms with E-state index in [1.807, 2.05) is 92.8 Å². The maximum atomic E-state index is 14.9. The number of methoxy groups -OCH3 is 1. The van der Waals surface area contributed by atoms with E-state index in [-0.39, 0.29) is 50.4 Å². The van der Waals surface area contributed by atoms with Crippen LogP contribution in [-0.4, -0.2) is 86.8 Å². The summed E-state index contributed by atoms with van der Waals surface area (Å²) in [4.78, 5) is 58.3. The molecule has 11 nitrogen and oxygen atoms in total. The van der Waals surface area contributed by atoms with Crippen LogP contribution in [0.25, 0.3) is 0 Å². The molecule has 0 unspecified atom stereocenters. The summed E-state index contributed by atoms with van der Waals surface area (Å²) in [6, 6.07) is 22.8. The summed E-state index contributed by atoms with van der Waals surface area (Å²) < 4.78 is 12.5. The summed E-state index contributed by atoms with van der Waals surface area (Å²) in [6.45, 7) is 7.65. The second kappa shape index (κ2) is 14.0. The van der Waals surface area contributed by atoms with Gasteiger partial charge in [-0.15, -0.1) is 0 Å². The third-order valence-electron chi connectivity index (χ3n) is 10.2. The molecule has 49 heavy (non-hydrogen) atoms. The number of anilines is 2. The Labute approximate surface area is 288 Å². The smallest absolute Gasteiger partial charge is 0.264 e. The second-order valence-corrected chi connectivity index (χ2v) is 17.7. The number of benzene rings is 3. The molecule has 0 bridgehead atoms. The number of hydrogen-bond donors (Lipinski definition) is 3. The van der Waals surface area contributed by atoms with Crippen LogP contribution in [0, 0.1) is 5.92 Å². The zero-order valence-electron chi connectivity index (χ0n) is 28.6. The first-order valence-corrected chi connectivity index (χ1v) is 19.9. The van der Waals surface area contributed by atoms with Crippen molar-refractivity contribution in [1.29, 1.82) is 0 Å². The van der Waals surface area contributed by atoms with Crippen LogP contribution in [0.5, 0.6) is 5.75 Å². The Balaban J connectivity index is 1.34. The van der Waals surface area contributed by atoms with Gasteiger partial charge >= 0.3 is 0 Å². The summed E-state index contributed by atoms with van der Waals surface area (Å²) in [6.07, 6.45) is -0.787. The fourth-order valence-electron chi connectivity index (χ4n) is 7.94. The summed E-state index contributed by atoms with van der Waals surface area (Å²) in [7, 11) is -1.46. The lowest BCUT2D eigenvalue weighted by atomic mass is 9.82. The van der Waals surface area contributed by atoms with E-state index in [0.717, 1.165) is 16.8 Å². The molecule has 2 saturated heterocycles. The average Bonchev–Trinajstić information content (AvgIpc) is 3.51. The largest absolute Gasteiger partial charge is 0.497 e. The van der Waals surface area contributed by atoms with Crippen molar-refractivity contribution < 1.29 is 33.8 Å². The fraction of sp³-hybridized carbons (Fsp3) is 0.432. The molecule has 3 heterocycles. The van der Waals surface area contributed by atoms with Gasteiger partial charge in [0.1, 0.15) is 5.75 Å². The molecule has 2 fully saturated rings. The van der Waals surface area contributed by atoms with Crippen LogP contribution in [0.4, 0.5) is 11.4 Å². The molecule has 1 spiro atoms. The van der Waals surface area contributed by atoms with Crippen LogP contribution >= 0.6 is 0 Å². The molecule has 260 valence electrons. The van der Waals surface area contributed by atoms with Gasteiger partial charge in [0.2, 0.25) is 11.8 Å². The number of ether oxygens (including phenoxy) is 2. The van der Waals surface area contributed by atoms with Crippen molar-refractivity contribution in [3.63, 3.8) is 0 Å². The van der Waals surface area contributed by atoms with Crippen LogP contribution < -0.4 is 19.9 Å². The normalized spacial score (nSPS) is 23.7. The summed E-state index contributed by atoms with van der Waals surface area (Å²) >= 11 is 0. The third-order valence-corrected chi connectivity index (χ3v) is 12.7. The molecule has 3 aromatic rings. The highest BCUT2D eigenvalue weighted by Crippen LogP contribution is 2.60. The molecule has 3 N–H and O–H groups in total. The van der Waals surface area contributed by atoms with E-state index in [2.05, 4.69) is 5.32 Å². The number of amides is 3. The van der Waals surface area contributed by atoms with Crippen LogP contribution in [0.2, 0.25) is 18.6 Å². The van der Waals surface area contributed by atoms with Crippen molar-refractivity contribution in [2.45, 2.75) is 56.8 Å². The first-order chi connectivity index (χ1) is 23.5. The quantitative estimate of drug-likeness (QED) is 0.262. The number of piperazine rings is 1. The Kier molecular flexibility index (Phi) is 9.97. The van der Waals surface area contributed by atoms with Gasteiger partial charge in [-0.05, 0) is 54.6 Å². The number of nitrogens with zero attached hydrogens (tertiary/aromatic N) is 3. The number of nitrogens with one attached hydrogen (secondary N) is 1. The average molecular weight is 687 g/mol. The minimum absolute atomic E-state index is 0.00559. The molecule has 12 heteroatoms. The number of hydrogen-bond acceptors (Lipinski definition) is 8. The van der Waals surface area contributed by atoms with Gasteiger partial charge in [-0.25, -0.2) is 0 Å². The van der Waals surface area contributed by atoms with Crippen LogP contribution in [0.1, 0.15) is 30.0 Å². The van der Waals surface area contributed by atoms with E-state index >= 15 is 0 Å². The molecule has 0 radical (unpaired) electrons. The molecule has 3 amide bonds. The number of carbonyl (C=O) groups is 3. The molecule has 3 aromatic carbocycles. The molecular weight excluding hydrogens is 641 g/mol. The van der Waals surface area contributed by atoms with Crippen molar-refractivity contribution in [3.05, 3.63) is 89.5 Å². The summed E-state index contributed by atoms with van der Waals surface area (Å²) in [5, 5.41) is 12.9. The Morgan fingerprint density at radius 1 is 1.08 bits per heavy atom. The Morgan fingerprint density at radius 2 is 1.84 bits per heavy atom. The highest BCUT2D eigenvalue weighted by atomic mass is 28.4. The van der Waals surface area contributed by atoms with Gasteiger partial charge in [0, 0.05) is 48.9 Å². The number of aliphatic hydroxyl groups is 1. The SMILES string of the molecule is COc1ccc2c(c1)[C@]1(O[C@@H](CC(=O)N(CCO)Cc3ccccc3)[C@H]([Si](C)(C)O)[C@H]1C)C(=O)N2Cc1cccc(N2CCNCC2=O)c1. The van der Waals surface area contributed by atoms with Crippen molar-refractivity contribution in [2.75, 3.05) is 49.7 Å². The zero-order valence-corrected chi connectivity index (χ0v) is 29.6. The molecule has 6 rings (SSSR count). The van der Waals surface area contributed by atoms with Gasteiger partial charge in [0.15, 0.2) is 13.9 Å². The second-order valence-electron chi connectivity index (χ2n) is 13.8. The van der Waals surface area contributed by atoms with E-state index in [1.54, 1.807) is 21.8 Å². The minimum atomic E-state index is -3.03. The Morgan fingerprint density at radius 3 is 2.53 bits per heavy atom. The van der Waals surface area contributed by atoms with E-state index in [9.17, 15) is 24.3 Å². The molecule has 4 atom stereocenters. The zero-order chi connectivity index (χ0) is 34.9. The first kappa shape index (κ1) is 34.8. The predicted octanol–water partition coefficient (Wildman–Crippen LogP) is 3.39. The molecule has 0 aliphatic carbocycles. The van der Waals surface area contributed by atoms with E-state index in [4.69, 9.17) is 9.47 Å². The topological polar surface area (TPSA) is 132 Å². The monoisotopic (exact) mass is 686 g/mol. The molecule has 0 saturated carbocycles. The standard InChI is InChI=1S/C37H46N4O7Si/c1-25-35(49(3,4)46)32(21-33(43)39(17-18-42)23-26-9-6-5-7-10-26)48-37(25)30-20-29(47-2)13-14-31(30)41(36(37)45)24-27-11-8-12-28(19-27)40-16-15-38-22-34(40)44/h5-14,19-20,25,32,35,38,42,46H,15-18,21-24H2,1-4H3/t25-,32+,35-,37+/m1/s1.